The van der Waals surface area contributed by atoms with Crippen LogP contribution in [0.25, 0.3) is 0 Å². The van der Waals surface area contributed by atoms with Gasteiger partial charge in [-0.15, -0.1) is 0 Å². The Kier molecular flexibility index (Phi) is 14.0. The van der Waals surface area contributed by atoms with E-state index in [0.717, 1.165) is 23.3 Å². The van der Waals surface area contributed by atoms with Crippen molar-refractivity contribution < 1.29 is 43.2 Å². The number of hydrogen-bond acceptors (Lipinski definition) is 11. The number of likely N-dealkylation sites (N-methyl/N-ethyl adjacent to an activating group) is 1. The van der Waals surface area contributed by atoms with Gasteiger partial charge in [-0.25, -0.2) is 9.59 Å². The lowest BCUT2D eigenvalue weighted by atomic mass is 9.83. The predicted octanol–water partition coefficient (Wildman–Crippen LogP) is 6.03. The van der Waals surface area contributed by atoms with Crippen LogP contribution in [0, 0.1) is 5.92 Å². The number of nitrogens with one attached hydrogen (secondary N) is 1. The third-order valence-corrected chi connectivity index (χ3v) is 12.3. The summed E-state index contributed by atoms with van der Waals surface area (Å²) in [5.74, 6) is -1.00. The number of aliphatic hydroxyl groups is 1. The zero-order chi connectivity index (χ0) is 39.4. The normalized spacial score (nSPS) is 31.8. The lowest BCUT2D eigenvalue weighted by molar-refractivity contribution is -0.158. The van der Waals surface area contributed by atoms with E-state index in [1.807, 2.05) is 32.1 Å². The number of amides is 2. The van der Waals surface area contributed by atoms with Gasteiger partial charge in [0.1, 0.15) is 40.7 Å². The van der Waals surface area contributed by atoms with Crippen molar-refractivity contribution in [2.75, 3.05) is 39.5 Å². The molecule has 0 aliphatic carbocycles. The van der Waals surface area contributed by atoms with E-state index in [1.165, 1.54) is 19.1 Å². The second-order valence-electron chi connectivity index (χ2n) is 14.7. The van der Waals surface area contributed by atoms with Crippen molar-refractivity contribution in [3.8, 4) is 5.75 Å². The zero-order valence-electron chi connectivity index (χ0n) is 32.6. The van der Waals surface area contributed by atoms with Gasteiger partial charge < -0.3 is 38.6 Å². The Hall–Kier alpha value is -3.23. The first-order valence-electron chi connectivity index (χ1n) is 17.9. The van der Waals surface area contributed by atoms with Crippen molar-refractivity contribution >= 4 is 47.0 Å². The van der Waals surface area contributed by atoms with Crippen molar-refractivity contribution in [1.29, 1.82) is 0 Å². The smallest absolute Gasteiger partial charge is 0.409 e. The van der Waals surface area contributed by atoms with Crippen molar-refractivity contribution in [1.82, 2.24) is 10.2 Å². The number of epoxide rings is 1. The molecule has 9 atom stereocenters. The fraction of sp³-hybridized carbons (Fsp3) is 0.615. The van der Waals surface area contributed by atoms with Crippen LogP contribution in [0.3, 0.4) is 0 Å². The van der Waals surface area contributed by atoms with Crippen molar-refractivity contribution in [3.05, 3.63) is 58.8 Å². The standard InChI is InChI=1S/C39H56ClN3O9S/c1-22-13-12-14-31(49-10)39(47)21-30(50-37(46)41-39)25(4)35-38(6,52-35)32(51-36(45)26(5)42(7)23(2)15-16-24(3)53-11)20-33(44)43(8)28-18-27(17-22)19-29(48-9)34(28)40/h12-14,18-19,24-26,30-32,35,47H,2,15-17,20-21H2,1,3-11H3,(H,41,46)/b14-12+,22-13+/t24?,25-,26+,30+,31-,32+,35+,38+,39+/m1/s1. The molecule has 3 aliphatic rings. The predicted molar refractivity (Wildman–Crippen MR) is 207 cm³/mol. The highest BCUT2D eigenvalue weighted by Crippen LogP contribution is 2.49. The van der Waals surface area contributed by atoms with Gasteiger partial charge in [-0.05, 0) is 64.0 Å². The molecule has 4 bridgehead atoms. The van der Waals surface area contributed by atoms with Gasteiger partial charge in [0.2, 0.25) is 5.91 Å². The third kappa shape index (κ3) is 9.72. The molecule has 294 valence electrons. The third-order valence-electron chi connectivity index (χ3n) is 10.9. The van der Waals surface area contributed by atoms with Gasteiger partial charge >= 0.3 is 12.1 Å². The number of ether oxygens (including phenoxy) is 5. The van der Waals surface area contributed by atoms with E-state index in [2.05, 4.69) is 25.1 Å². The number of thioether (sulfide) groups is 1. The molecular formula is C39H56ClN3O9S. The number of carbonyl (C=O) groups is 3. The molecule has 1 unspecified atom stereocenters. The first-order chi connectivity index (χ1) is 24.9. The zero-order valence-corrected chi connectivity index (χ0v) is 34.1. The van der Waals surface area contributed by atoms with Gasteiger partial charge in [0.15, 0.2) is 5.72 Å². The molecule has 14 heteroatoms. The van der Waals surface area contributed by atoms with Crippen LogP contribution in [-0.2, 0) is 35.0 Å². The maximum Gasteiger partial charge on any atom is 0.409 e. The maximum atomic E-state index is 14.2. The number of hydrogen-bond donors (Lipinski definition) is 2. The number of halogens is 1. The Bertz CT molecular complexity index is 1610. The van der Waals surface area contributed by atoms with E-state index >= 15 is 0 Å². The van der Waals surface area contributed by atoms with Crippen molar-refractivity contribution in [2.45, 2.75) is 114 Å². The summed E-state index contributed by atoms with van der Waals surface area (Å²) in [5.41, 5.74) is 0.0737. The second-order valence-corrected chi connectivity index (χ2v) is 16.3. The number of allylic oxidation sites excluding steroid dienone is 4. The fourth-order valence-electron chi connectivity index (χ4n) is 6.94. The van der Waals surface area contributed by atoms with Crippen LogP contribution in [0.2, 0.25) is 5.02 Å². The summed E-state index contributed by atoms with van der Waals surface area (Å²) in [7, 11) is 6.38. The lowest BCUT2D eigenvalue weighted by Gasteiger charge is -2.42. The summed E-state index contributed by atoms with van der Waals surface area (Å²) >= 11 is 8.56. The largest absolute Gasteiger partial charge is 0.495 e. The van der Waals surface area contributed by atoms with Crippen LogP contribution >= 0.6 is 23.4 Å². The molecule has 2 fully saturated rings. The molecule has 1 aromatic rings. The summed E-state index contributed by atoms with van der Waals surface area (Å²) in [6.07, 6.45) is 5.05. The highest BCUT2D eigenvalue weighted by Gasteiger charge is 2.64. The molecule has 2 amide bonds. The summed E-state index contributed by atoms with van der Waals surface area (Å²) in [6.45, 7) is 13.7. The Morgan fingerprint density at radius 3 is 2.62 bits per heavy atom. The summed E-state index contributed by atoms with van der Waals surface area (Å²) < 4.78 is 29.5. The van der Waals surface area contributed by atoms with Crippen LogP contribution in [0.4, 0.5) is 10.5 Å². The summed E-state index contributed by atoms with van der Waals surface area (Å²) in [6, 6.07) is 2.94. The molecule has 0 saturated carbocycles. The average molecular weight is 778 g/mol. The molecule has 2 N–H and O–H groups in total. The number of alkyl carbamates (subject to hydrolysis) is 1. The molecular weight excluding hydrogens is 722 g/mol. The minimum Gasteiger partial charge on any atom is -0.495 e. The Labute approximate surface area is 323 Å². The first-order valence-corrected chi connectivity index (χ1v) is 19.6. The summed E-state index contributed by atoms with van der Waals surface area (Å²) in [4.78, 5) is 44.2. The molecule has 2 saturated heterocycles. The number of benzene rings is 1. The quantitative estimate of drug-likeness (QED) is 0.213. The number of nitrogens with zero attached hydrogens (tertiary/aromatic N) is 2. The SMILES string of the molecule is C=C(CCC(C)SC)N(C)[C@@H](C)C(=O)O[C@H]1CC(=O)N(C)c2cc(cc(OC)c2Cl)C/C(C)=C/C=C/[C@@H](OC)[C@@]2(O)C[C@H](OC(=O)N2)[C@@H](C)[C@@H]2O[C@@]12C. The monoisotopic (exact) mass is 777 g/mol. The Morgan fingerprint density at radius 2 is 1.98 bits per heavy atom. The second kappa shape index (κ2) is 17.5. The Morgan fingerprint density at radius 1 is 1.28 bits per heavy atom. The van der Waals surface area contributed by atoms with E-state index in [9.17, 15) is 19.5 Å². The number of anilines is 1. The van der Waals surface area contributed by atoms with E-state index < -0.39 is 59.8 Å². The van der Waals surface area contributed by atoms with Crippen LogP contribution in [0.15, 0.2) is 48.2 Å². The molecule has 4 rings (SSSR count). The minimum absolute atomic E-state index is 0.0171. The number of methoxy groups -OCH3 is 2. The first kappa shape index (κ1) is 42.5. The van der Waals surface area contributed by atoms with Gasteiger partial charge in [0.05, 0.1) is 25.3 Å². The van der Waals surface area contributed by atoms with Crippen molar-refractivity contribution in [2.24, 2.45) is 5.92 Å². The average Bonchev–Trinajstić information content (AvgIpc) is 3.82. The van der Waals surface area contributed by atoms with Gasteiger partial charge in [-0.1, -0.05) is 55.8 Å². The molecule has 12 nitrogen and oxygen atoms in total. The van der Waals surface area contributed by atoms with Crippen LogP contribution in [0.5, 0.6) is 5.75 Å². The van der Waals surface area contributed by atoms with Crippen LogP contribution in [-0.4, -0.2) is 110 Å². The topological polar surface area (TPSA) is 139 Å². The highest BCUT2D eigenvalue weighted by molar-refractivity contribution is 7.99. The molecule has 1 aromatic carbocycles. The van der Waals surface area contributed by atoms with Crippen molar-refractivity contribution in [3.63, 3.8) is 0 Å². The van der Waals surface area contributed by atoms with Gasteiger partial charge in [-0.2, -0.15) is 11.8 Å². The fourth-order valence-corrected chi connectivity index (χ4v) is 7.61. The molecule has 0 spiro atoms. The molecule has 0 aromatic heterocycles. The molecule has 3 aliphatic heterocycles. The summed E-state index contributed by atoms with van der Waals surface area (Å²) in [5, 5.41) is 15.0. The van der Waals surface area contributed by atoms with E-state index in [-0.39, 0.29) is 23.8 Å². The molecule has 3 heterocycles. The number of esters is 1. The minimum atomic E-state index is -1.80. The van der Waals surface area contributed by atoms with Gasteiger partial charge in [0, 0.05) is 44.5 Å². The van der Waals surface area contributed by atoms with Gasteiger partial charge in [0.25, 0.3) is 0 Å². The Balaban J connectivity index is 1.73. The lowest BCUT2D eigenvalue weighted by Crippen LogP contribution is -2.63. The van der Waals surface area contributed by atoms with E-state index in [0.29, 0.717) is 29.5 Å². The molecule has 53 heavy (non-hydrogen) atoms. The highest BCUT2D eigenvalue weighted by atomic mass is 35.5. The maximum absolute atomic E-state index is 14.2. The van der Waals surface area contributed by atoms with E-state index in [1.54, 1.807) is 56.8 Å². The number of carbonyl (C=O) groups excluding carboxylic acids is 3. The van der Waals surface area contributed by atoms with Gasteiger partial charge in [-0.3, -0.25) is 10.1 Å². The number of rotatable bonds is 10. The van der Waals surface area contributed by atoms with Crippen LogP contribution in [0.1, 0.15) is 65.9 Å². The van der Waals surface area contributed by atoms with Crippen LogP contribution < -0.4 is 15.0 Å². The molecule has 0 radical (unpaired) electrons. The number of fused-ring (bicyclic) bond motifs is 5. The van der Waals surface area contributed by atoms with E-state index in [4.69, 9.17) is 35.3 Å².